The molecule has 0 aromatic carbocycles. The summed E-state index contributed by atoms with van der Waals surface area (Å²) in [6.07, 6.45) is 7.84. The summed E-state index contributed by atoms with van der Waals surface area (Å²) < 4.78 is 0. The molecule has 0 amide bonds. The number of aromatic nitrogens is 1. The number of hydrogen-bond acceptors (Lipinski definition) is 3. The van der Waals surface area contributed by atoms with E-state index in [0.717, 1.165) is 25.8 Å². The molecule has 2 atom stereocenters. The molecule has 2 unspecified atom stereocenters. The van der Waals surface area contributed by atoms with Crippen LogP contribution in [0.3, 0.4) is 0 Å². The first-order valence-corrected chi connectivity index (χ1v) is 6.03. The van der Waals surface area contributed by atoms with Gasteiger partial charge in [0.15, 0.2) is 0 Å². The highest BCUT2D eigenvalue weighted by atomic mass is 16.3. The van der Waals surface area contributed by atoms with Crippen LogP contribution in [-0.4, -0.2) is 34.2 Å². The van der Waals surface area contributed by atoms with Crippen LogP contribution in [0.15, 0.2) is 24.5 Å². The van der Waals surface area contributed by atoms with Gasteiger partial charge in [-0.3, -0.25) is 9.88 Å². The molecule has 2 rings (SSSR count). The number of aliphatic hydroxyl groups excluding tert-OH is 1. The van der Waals surface area contributed by atoms with Crippen LogP contribution in [0.1, 0.15) is 31.2 Å². The van der Waals surface area contributed by atoms with E-state index in [1.54, 1.807) is 6.20 Å². The van der Waals surface area contributed by atoms with E-state index in [1.807, 2.05) is 12.3 Å². The lowest BCUT2D eigenvalue weighted by Crippen LogP contribution is -2.37. The van der Waals surface area contributed by atoms with Gasteiger partial charge in [-0.15, -0.1) is 0 Å². The number of aliphatic hydroxyl groups is 1. The first kappa shape index (κ1) is 11.6. The molecule has 1 fully saturated rings. The van der Waals surface area contributed by atoms with Crippen molar-refractivity contribution in [3.63, 3.8) is 0 Å². The maximum absolute atomic E-state index is 9.66. The zero-order valence-corrected chi connectivity index (χ0v) is 9.84. The fourth-order valence-corrected chi connectivity index (χ4v) is 2.45. The first-order chi connectivity index (χ1) is 7.75. The third-order valence-electron chi connectivity index (χ3n) is 3.40. The molecule has 1 aromatic rings. The van der Waals surface area contributed by atoms with Crippen molar-refractivity contribution in [3.05, 3.63) is 30.1 Å². The molecule has 1 aromatic heterocycles. The minimum Gasteiger partial charge on any atom is -0.393 e. The van der Waals surface area contributed by atoms with Crippen LogP contribution in [-0.2, 0) is 6.54 Å². The fraction of sp³-hybridized carbons (Fsp3) is 0.615. The van der Waals surface area contributed by atoms with Gasteiger partial charge in [-0.05, 0) is 44.4 Å². The van der Waals surface area contributed by atoms with Gasteiger partial charge in [0.2, 0.25) is 0 Å². The van der Waals surface area contributed by atoms with E-state index < -0.39 is 0 Å². The summed E-state index contributed by atoms with van der Waals surface area (Å²) in [5.74, 6) is 0. The molecule has 0 aliphatic heterocycles. The van der Waals surface area contributed by atoms with E-state index in [2.05, 4.69) is 23.0 Å². The molecule has 1 aliphatic carbocycles. The summed E-state index contributed by atoms with van der Waals surface area (Å²) in [6.45, 7) is 0.922. The lowest BCUT2D eigenvalue weighted by Gasteiger charge is -2.33. The summed E-state index contributed by atoms with van der Waals surface area (Å²) in [5, 5.41) is 9.66. The van der Waals surface area contributed by atoms with Crippen molar-refractivity contribution in [2.75, 3.05) is 7.05 Å². The van der Waals surface area contributed by atoms with E-state index in [9.17, 15) is 5.11 Å². The lowest BCUT2D eigenvalue weighted by molar-refractivity contribution is 0.0700. The smallest absolute Gasteiger partial charge is 0.0555 e. The van der Waals surface area contributed by atoms with Gasteiger partial charge >= 0.3 is 0 Å². The second-order valence-corrected chi connectivity index (χ2v) is 4.75. The zero-order chi connectivity index (χ0) is 11.4. The van der Waals surface area contributed by atoms with Crippen LogP contribution in [0, 0.1) is 0 Å². The maximum Gasteiger partial charge on any atom is 0.0555 e. The molecule has 88 valence electrons. The molecule has 1 aliphatic rings. The summed E-state index contributed by atoms with van der Waals surface area (Å²) in [5.41, 5.74) is 1.24. The molecule has 0 bridgehead atoms. The van der Waals surface area contributed by atoms with Crippen molar-refractivity contribution in [2.24, 2.45) is 0 Å². The zero-order valence-electron chi connectivity index (χ0n) is 9.84. The molecule has 0 radical (unpaired) electrons. The molecule has 16 heavy (non-hydrogen) atoms. The maximum atomic E-state index is 9.66. The third-order valence-corrected chi connectivity index (χ3v) is 3.40. The minimum absolute atomic E-state index is 0.102. The monoisotopic (exact) mass is 220 g/mol. The Labute approximate surface area is 97.1 Å². The Kier molecular flexibility index (Phi) is 3.91. The Morgan fingerprint density at radius 1 is 1.50 bits per heavy atom. The third kappa shape index (κ3) is 3.03. The van der Waals surface area contributed by atoms with Crippen molar-refractivity contribution in [1.29, 1.82) is 0 Å². The summed E-state index contributed by atoms with van der Waals surface area (Å²) in [4.78, 5) is 6.45. The van der Waals surface area contributed by atoms with Crippen molar-refractivity contribution in [1.82, 2.24) is 9.88 Å². The Morgan fingerprint density at radius 2 is 2.38 bits per heavy atom. The average Bonchev–Trinajstić information content (AvgIpc) is 2.30. The van der Waals surface area contributed by atoms with Crippen molar-refractivity contribution in [2.45, 2.75) is 44.4 Å². The summed E-state index contributed by atoms with van der Waals surface area (Å²) >= 11 is 0. The minimum atomic E-state index is -0.102. The van der Waals surface area contributed by atoms with Crippen LogP contribution in [0.25, 0.3) is 0 Å². The van der Waals surface area contributed by atoms with Crippen molar-refractivity contribution >= 4 is 0 Å². The second-order valence-electron chi connectivity index (χ2n) is 4.75. The van der Waals surface area contributed by atoms with Crippen LogP contribution in [0.2, 0.25) is 0 Å². The molecule has 1 N–H and O–H groups in total. The van der Waals surface area contributed by atoms with E-state index in [1.165, 1.54) is 12.0 Å². The Bertz CT molecular complexity index is 315. The Hall–Kier alpha value is -0.930. The van der Waals surface area contributed by atoms with Gasteiger partial charge in [-0.25, -0.2) is 0 Å². The number of rotatable bonds is 3. The predicted octanol–water partition coefficient (Wildman–Crippen LogP) is 1.82. The van der Waals surface area contributed by atoms with Gasteiger partial charge in [0.1, 0.15) is 0 Å². The molecular formula is C13H20N2O. The first-order valence-electron chi connectivity index (χ1n) is 6.03. The van der Waals surface area contributed by atoms with Crippen molar-refractivity contribution < 1.29 is 5.11 Å². The number of pyridine rings is 1. The molecule has 1 saturated carbocycles. The van der Waals surface area contributed by atoms with Crippen molar-refractivity contribution in [3.8, 4) is 0 Å². The van der Waals surface area contributed by atoms with E-state index in [-0.39, 0.29) is 6.10 Å². The summed E-state index contributed by atoms with van der Waals surface area (Å²) in [6, 6.07) is 4.59. The highest BCUT2D eigenvalue weighted by Gasteiger charge is 2.23. The molecule has 3 heteroatoms. The average molecular weight is 220 g/mol. The normalized spacial score (nSPS) is 25.9. The molecule has 3 nitrogen and oxygen atoms in total. The topological polar surface area (TPSA) is 36.4 Å². The Balaban J connectivity index is 1.90. The molecular weight excluding hydrogens is 200 g/mol. The van der Waals surface area contributed by atoms with Gasteiger partial charge in [0, 0.05) is 25.0 Å². The van der Waals surface area contributed by atoms with Gasteiger partial charge in [0.05, 0.1) is 6.10 Å². The number of hydrogen-bond donors (Lipinski definition) is 1. The van der Waals surface area contributed by atoms with E-state index >= 15 is 0 Å². The van der Waals surface area contributed by atoms with Gasteiger partial charge in [-0.1, -0.05) is 6.07 Å². The fourth-order valence-electron chi connectivity index (χ4n) is 2.45. The molecule has 0 spiro atoms. The predicted molar refractivity (Wildman–Crippen MR) is 64.0 cm³/mol. The standard InChI is InChI=1S/C13H20N2O/c1-15(10-11-4-3-7-14-9-11)12-5-2-6-13(16)8-12/h3-4,7,9,12-13,16H,2,5-6,8,10H2,1H3. The van der Waals surface area contributed by atoms with E-state index in [0.29, 0.717) is 6.04 Å². The largest absolute Gasteiger partial charge is 0.393 e. The quantitative estimate of drug-likeness (QED) is 0.844. The SMILES string of the molecule is CN(Cc1cccnc1)C1CCCC(O)C1. The lowest BCUT2D eigenvalue weighted by atomic mass is 9.92. The molecule has 1 heterocycles. The number of nitrogens with zero attached hydrogens (tertiary/aromatic N) is 2. The van der Waals surface area contributed by atoms with Gasteiger partial charge < -0.3 is 5.11 Å². The van der Waals surface area contributed by atoms with Gasteiger partial charge in [0.25, 0.3) is 0 Å². The van der Waals surface area contributed by atoms with Crippen LogP contribution in [0.5, 0.6) is 0 Å². The van der Waals surface area contributed by atoms with Gasteiger partial charge in [-0.2, -0.15) is 0 Å². The highest BCUT2D eigenvalue weighted by Crippen LogP contribution is 2.23. The van der Waals surface area contributed by atoms with Crippen LogP contribution < -0.4 is 0 Å². The van der Waals surface area contributed by atoms with Crippen LogP contribution in [0.4, 0.5) is 0 Å². The molecule has 0 saturated heterocycles. The van der Waals surface area contributed by atoms with Crippen LogP contribution >= 0.6 is 0 Å². The highest BCUT2D eigenvalue weighted by molar-refractivity contribution is 5.08. The Morgan fingerprint density at radius 3 is 3.06 bits per heavy atom. The van der Waals surface area contributed by atoms with E-state index in [4.69, 9.17) is 0 Å². The second kappa shape index (κ2) is 5.41. The summed E-state index contributed by atoms with van der Waals surface area (Å²) in [7, 11) is 2.13.